The molecule has 3 atom stereocenters. The fourth-order valence-corrected chi connectivity index (χ4v) is 0.528. The molecule has 60 valence electrons. The molecule has 0 aromatic rings. The van der Waals surface area contributed by atoms with Gasteiger partial charge in [0.1, 0.15) is 13.7 Å². The fraction of sp³-hybridized carbons (Fsp3) is 0.833. The van der Waals surface area contributed by atoms with E-state index < -0.39 is 31.0 Å². The van der Waals surface area contributed by atoms with Crippen LogP contribution in [0, 0.1) is 0 Å². The molecule has 0 spiro atoms. The highest BCUT2D eigenvalue weighted by Crippen LogP contribution is 2.01. The van der Waals surface area contributed by atoms with Crippen LogP contribution in [0.25, 0.3) is 0 Å². The van der Waals surface area contributed by atoms with Crippen LogP contribution in [-0.2, 0) is 4.79 Å². The molecule has 0 saturated heterocycles. The molecule has 0 aliphatic rings. The number of hydrogen-bond acceptors (Lipinski definition) is 4. The maximum absolute atomic E-state index is 10.1. The molecule has 3 N–H and O–H groups in total. The van der Waals surface area contributed by atoms with Gasteiger partial charge in [0.05, 0.1) is 12.2 Å². The number of carbonyl (C=O) groups is 1. The van der Waals surface area contributed by atoms with Gasteiger partial charge < -0.3 is 20.1 Å². The van der Waals surface area contributed by atoms with Crippen LogP contribution in [0.1, 0.15) is 14.7 Å². The maximum atomic E-state index is 10.1. The third kappa shape index (κ3) is 2.91. The Bertz CT molecular complexity index is 137. The van der Waals surface area contributed by atoms with Gasteiger partial charge >= 0.3 is 0 Å². The third-order valence-electron chi connectivity index (χ3n) is 1.18. The van der Waals surface area contributed by atoms with Gasteiger partial charge in [-0.15, -0.1) is 0 Å². The number of aliphatic hydroxyl groups excluding tert-OH is 3. The first-order chi connectivity index (χ1) is 4.95. The van der Waals surface area contributed by atoms with Crippen molar-refractivity contribution in [2.75, 3.05) is 0 Å². The minimum atomic E-state index is -1.36. The van der Waals surface area contributed by atoms with Crippen LogP contribution in [0.15, 0.2) is 0 Å². The van der Waals surface area contributed by atoms with Gasteiger partial charge in [0.2, 0.25) is 0 Å². The molecule has 0 unspecified atom stereocenters. The number of rotatable bonds is 4. The van der Waals surface area contributed by atoms with Gasteiger partial charge in [0, 0.05) is 6.42 Å². The number of aliphatic hydroxyl groups is 3. The molecule has 0 aliphatic carbocycles. The molecule has 0 aromatic carbocycles. The summed E-state index contributed by atoms with van der Waals surface area (Å²) in [5.41, 5.74) is 0. The summed E-state index contributed by atoms with van der Waals surface area (Å²) in [5.74, 6) is 0. The fourth-order valence-electron chi connectivity index (χ4n) is 0.528. The highest BCUT2D eigenvalue weighted by atomic mass is 16.4. The average Bonchev–Trinajstić information content (AvgIpc) is 1.84. The molecule has 0 rings (SSSR count). The summed E-state index contributed by atoms with van der Waals surface area (Å²) in [7, 11) is 0. The van der Waals surface area contributed by atoms with Gasteiger partial charge in [-0.3, -0.25) is 0 Å². The minimum Gasteiger partial charge on any atom is -0.391 e. The van der Waals surface area contributed by atoms with Crippen molar-refractivity contribution < 1.29 is 21.5 Å². The smallest absolute Gasteiger partial charge is 0.122 e. The summed E-state index contributed by atoms with van der Waals surface area (Å²) in [6.07, 6.45) is -5.21. The van der Waals surface area contributed by atoms with Crippen molar-refractivity contribution in [1.82, 2.24) is 0 Å². The van der Waals surface area contributed by atoms with Crippen LogP contribution in [0.5, 0.6) is 0 Å². The monoisotopic (exact) mass is 149 g/mol. The summed E-state index contributed by atoms with van der Waals surface area (Å²) in [5, 5.41) is 26.5. The zero-order valence-electron chi connectivity index (χ0n) is 6.69. The predicted octanol–water partition coefficient (Wildman–Crippen LogP) is -1.32. The van der Waals surface area contributed by atoms with E-state index in [4.69, 9.17) is 16.7 Å². The molecule has 0 radical (unpaired) electrons. The molecule has 0 bridgehead atoms. The summed E-state index contributed by atoms with van der Waals surface area (Å²) in [6, 6.07) is 0. The Hall–Kier alpha value is -0.450. The Morgan fingerprint density at radius 3 is 2.40 bits per heavy atom. The second-order valence-electron chi connectivity index (χ2n) is 2.15. The van der Waals surface area contributed by atoms with Crippen molar-refractivity contribution in [3.8, 4) is 0 Å². The summed E-state index contributed by atoms with van der Waals surface area (Å²) >= 11 is 0. The first kappa shape index (κ1) is 7.65. The van der Waals surface area contributed by atoms with Crippen LogP contribution in [0.2, 0.25) is 0 Å². The van der Waals surface area contributed by atoms with E-state index in [1.165, 1.54) is 6.92 Å². The van der Waals surface area contributed by atoms with Crippen LogP contribution in [0.3, 0.4) is 0 Å². The van der Waals surface area contributed by atoms with Gasteiger partial charge in [-0.1, -0.05) is 0 Å². The summed E-state index contributed by atoms with van der Waals surface area (Å²) in [6.45, 7) is 1.29. The van der Waals surface area contributed by atoms with Crippen molar-refractivity contribution in [2.45, 2.75) is 31.7 Å². The van der Waals surface area contributed by atoms with Gasteiger partial charge in [0.25, 0.3) is 0 Å². The first-order valence-corrected chi connectivity index (χ1v) is 2.98. The van der Waals surface area contributed by atoms with E-state index in [0.29, 0.717) is 0 Å². The van der Waals surface area contributed by atoms with Crippen molar-refractivity contribution in [1.29, 1.82) is 0 Å². The predicted molar refractivity (Wildman–Crippen MR) is 34.4 cm³/mol. The normalized spacial score (nSPS) is 21.0. The van der Waals surface area contributed by atoms with Gasteiger partial charge in [-0.25, -0.2) is 0 Å². The van der Waals surface area contributed by atoms with Crippen molar-refractivity contribution in [3.05, 3.63) is 0 Å². The molecule has 0 aliphatic heterocycles. The van der Waals surface area contributed by atoms with E-state index in [9.17, 15) is 4.79 Å². The van der Waals surface area contributed by atoms with E-state index >= 15 is 0 Å². The lowest BCUT2D eigenvalue weighted by molar-refractivity contribution is -0.113. The lowest BCUT2D eigenvalue weighted by Gasteiger charge is -2.17. The SMILES string of the molecule is [2H]C(=O)C[C@H](O)[C@@H](O)[C@H](C)O. The Labute approximate surface area is 60.5 Å². The second kappa shape index (κ2) is 4.38. The van der Waals surface area contributed by atoms with Gasteiger partial charge in [-0.05, 0) is 6.92 Å². The Morgan fingerprint density at radius 1 is 1.60 bits per heavy atom. The lowest BCUT2D eigenvalue weighted by Crippen LogP contribution is -2.35. The standard InChI is InChI=1S/C6H12O4/c1-4(8)6(10)5(9)2-3-7/h3-6,8-10H,2H2,1H3/t4-,5-,6-/m0/s1/i3D. The Kier molecular flexibility index (Phi) is 3.35. The topological polar surface area (TPSA) is 77.8 Å². The number of aldehydes is 1. The van der Waals surface area contributed by atoms with Crippen LogP contribution in [0.4, 0.5) is 0 Å². The van der Waals surface area contributed by atoms with Crippen molar-refractivity contribution in [2.24, 2.45) is 0 Å². The van der Waals surface area contributed by atoms with E-state index in [0.717, 1.165) is 0 Å². The molecule has 0 saturated carbocycles. The maximum Gasteiger partial charge on any atom is 0.122 e. The molecule has 4 nitrogen and oxygen atoms in total. The van der Waals surface area contributed by atoms with Crippen LogP contribution in [-0.4, -0.2) is 39.9 Å². The summed E-state index contributed by atoms with van der Waals surface area (Å²) in [4.78, 5) is 10.1. The third-order valence-corrected chi connectivity index (χ3v) is 1.18. The molecule has 0 aromatic heterocycles. The van der Waals surface area contributed by atoms with E-state index in [1.54, 1.807) is 0 Å². The molecule has 10 heavy (non-hydrogen) atoms. The molecular formula is C6H12O4. The summed E-state index contributed by atoms with van der Waals surface area (Å²) < 4.78 is 6.45. The van der Waals surface area contributed by atoms with Crippen molar-refractivity contribution >= 4 is 6.26 Å². The van der Waals surface area contributed by atoms with Gasteiger partial charge in [-0.2, -0.15) is 0 Å². The van der Waals surface area contributed by atoms with Crippen molar-refractivity contribution in [3.63, 3.8) is 0 Å². The second-order valence-corrected chi connectivity index (χ2v) is 2.15. The van der Waals surface area contributed by atoms with E-state index in [2.05, 4.69) is 0 Å². The van der Waals surface area contributed by atoms with E-state index in [-0.39, 0.29) is 0 Å². The molecular weight excluding hydrogens is 136 g/mol. The molecule has 0 amide bonds. The Balaban J connectivity index is 3.82. The molecule has 0 heterocycles. The highest BCUT2D eigenvalue weighted by Gasteiger charge is 2.19. The largest absolute Gasteiger partial charge is 0.391 e. The first-order valence-electron chi connectivity index (χ1n) is 3.48. The zero-order chi connectivity index (χ0) is 9.02. The highest BCUT2D eigenvalue weighted by molar-refractivity contribution is 5.50. The quantitative estimate of drug-likeness (QED) is 0.433. The van der Waals surface area contributed by atoms with Crippen LogP contribution < -0.4 is 0 Å². The molecule has 4 heteroatoms. The number of carbonyl (C=O) groups excluding carboxylic acids is 1. The average molecular weight is 149 g/mol. The van der Waals surface area contributed by atoms with E-state index in [1.807, 2.05) is 0 Å². The van der Waals surface area contributed by atoms with Gasteiger partial charge in [0.15, 0.2) is 0 Å². The lowest BCUT2D eigenvalue weighted by atomic mass is 10.1. The minimum absolute atomic E-state index is 0.452. The van der Waals surface area contributed by atoms with Crippen LogP contribution >= 0.6 is 0 Å². The Morgan fingerprint density at radius 2 is 2.10 bits per heavy atom. The molecule has 0 fully saturated rings. The number of hydrogen-bond donors (Lipinski definition) is 3. The zero-order valence-corrected chi connectivity index (χ0v) is 5.69.